The van der Waals surface area contributed by atoms with Crippen molar-refractivity contribution in [3.8, 4) is 0 Å². The van der Waals surface area contributed by atoms with Gasteiger partial charge in [-0.3, -0.25) is 9.59 Å². The molecule has 10 atom stereocenters. The summed E-state index contributed by atoms with van der Waals surface area (Å²) in [4.78, 5) is 23.5. The van der Waals surface area contributed by atoms with Gasteiger partial charge in [-0.15, -0.1) is 0 Å². The molecule has 1 saturated heterocycles. The number of carbonyl (C=O) groups is 2. The highest BCUT2D eigenvalue weighted by Gasteiger charge is 2.72. The maximum atomic E-state index is 12.5. The van der Waals surface area contributed by atoms with E-state index in [1.54, 1.807) is 0 Å². The zero-order chi connectivity index (χ0) is 28.2. The molecule has 0 unspecified atom stereocenters. The second-order valence-electron chi connectivity index (χ2n) is 17.0. The monoisotopic (exact) mass is 542 g/mol. The molecule has 5 aliphatic carbocycles. The number of rotatable bonds is 4. The van der Waals surface area contributed by atoms with Crippen LogP contribution in [0.15, 0.2) is 0 Å². The van der Waals surface area contributed by atoms with E-state index in [-0.39, 0.29) is 41.2 Å². The van der Waals surface area contributed by atoms with Crippen molar-refractivity contribution in [1.82, 2.24) is 0 Å². The van der Waals surface area contributed by atoms with Gasteiger partial charge in [-0.2, -0.15) is 0 Å². The van der Waals surface area contributed by atoms with Gasteiger partial charge in [0.1, 0.15) is 6.10 Å². The number of hydrogen-bond acceptors (Lipinski definition) is 4. The third kappa shape index (κ3) is 3.72. The second kappa shape index (κ2) is 8.71. The molecular formula is C34H54O5. The van der Waals surface area contributed by atoms with Gasteiger partial charge in [0.05, 0.1) is 25.6 Å². The van der Waals surface area contributed by atoms with Crippen molar-refractivity contribution in [1.29, 1.82) is 0 Å². The first-order valence-corrected chi connectivity index (χ1v) is 16.1. The fourth-order valence-corrected chi connectivity index (χ4v) is 12.6. The van der Waals surface area contributed by atoms with Crippen molar-refractivity contribution in [3.63, 3.8) is 0 Å². The maximum absolute atomic E-state index is 12.5. The van der Waals surface area contributed by atoms with Crippen molar-refractivity contribution in [2.45, 2.75) is 138 Å². The Hall–Kier alpha value is -1.10. The van der Waals surface area contributed by atoms with Crippen LogP contribution in [0.25, 0.3) is 0 Å². The molecule has 5 heteroatoms. The number of ether oxygens (including phenoxy) is 2. The van der Waals surface area contributed by atoms with E-state index in [2.05, 4.69) is 48.5 Å². The highest BCUT2D eigenvalue weighted by molar-refractivity contribution is 5.76. The maximum Gasteiger partial charge on any atom is 0.306 e. The van der Waals surface area contributed by atoms with E-state index in [0.717, 1.165) is 31.3 Å². The van der Waals surface area contributed by atoms with Crippen molar-refractivity contribution >= 4 is 11.9 Å². The van der Waals surface area contributed by atoms with Crippen LogP contribution in [0.2, 0.25) is 0 Å². The Kier molecular flexibility index (Phi) is 6.26. The van der Waals surface area contributed by atoms with Gasteiger partial charge in [0.15, 0.2) is 0 Å². The Labute approximate surface area is 236 Å². The van der Waals surface area contributed by atoms with Gasteiger partial charge in [0.2, 0.25) is 0 Å². The summed E-state index contributed by atoms with van der Waals surface area (Å²) in [5, 5.41) is 9.00. The van der Waals surface area contributed by atoms with Gasteiger partial charge in [0.25, 0.3) is 0 Å². The predicted octanol–water partition coefficient (Wildman–Crippen LogP) is 7.65. The highest BCUT2D eigenvalue weighted by atomic mass is 16.5. The van der Waals surface area contributed by atoms with E-state index < -0.39 is 5.97 Å². The smallest absolute Gasteiger partial charge is 0.306 e. The topological polar surface area (TPSA) is 72.8 Å². The Morgan fingerprint density at radius 1 is 0.795 bits per heavy atom. The predicted molar refractivity (Wildman–Crippen MR) is 151 cm³/mol. The van der Waals surface area contributed by atoms with Crippen LogP contribution >= 0.6 is 0 Å². The summed E-state index contributed by atoms with van der Waals surface area (Å²) in [5.74, 6) is 1.40. The normalized spacial score (nSPS) is 51.1. The van der Waals surface area contributed by atoms with Crippen molar-refractivity contribution in [3.05, 3.63) is 0 Å². The molecule has 39 heavy (non-hydrogen) atoms. The van der Waals surface area contributed by atoms with Gasteiger partial charge in [-0.1, -0.05) is 48.5 Å². The molecule has 1 aliphatic heterocycles. The molecule has 6 rings (SSSR count). The number of carbonyl (C=O) groups excluding carboxylic acids is 1. The fraction of sp³-hybridized carbons (Fsp3) is 0.941. The Bertz CT molecular complexity index is 1030. The summed E-state index contributed by atoms with van der Waals surface area (Å²) in [6.07, 6.45) is 12.6. The van der Waals surface area contributed by atoms with E-state index >= 15 is 0 Å². The van der Waals surface area contributed by atoms with Gasteiger partial charge < -0.3 is 14.6 Å². The summed E-state index contributed by atoms with van der Waals surface area (Å²) in [6, 6.07) is 0. The zero-order valence-corrected chi connectivity index (χ0v) is 25.7. The first-order valence-electron chi connectivity index (χ1n) is 16.1. The number of carboxylic acids is 1. The standard InChI is InChI=1S/C34H54O5/c1-29(2)16-18-34-19-17-32(6)21(27(34)28(29)38-20-34)8-9-23-31(5)14-13-24(39-26(37)11-10-25(35)36)30(3,4)22(31)12-15-33(23,32)7/h21-24,27-28H,8-20H2,1-7H3,(H,35,36)/t21-,22-,23-,24-,27-,28-,31-,32+,33+,34-/m0/s1. The molecule has 0 spiro atoms. The van der Waals surface area contributed by atoms with Gasteiger partial charge in [-0.05, 0) is 115 Å². The van der Waals surface area contributed by atoms with E-state index in [0.29, 0.717) is 34.2 Å². The molecule has 1 N–H and O–H groups in total. The van der Waals surface area contributed by atoms with Crippen molar-refractivity contribution < 1.29 is 24.2 Å². The molecule has 1 heterocycles. The van der Waals surface area contributed by atoms with E-state index in [1.165, 1.54) is 51.4 Å². The molecule has 220 valence electrons. The number of hydrogen-bond donors (Lipinski definition) is 1. The van der Waals surface area contributed by atoms with Crippen LogP contribution < -0.4 is 0 Å². The summed E-state index contributed by atoms with van der Waals surface area (Å²) < 4.78 is 12.7. The summed E-state index contributed by atoms with van der Waals surface area (Å²) in [7, 11) is 0. The Morgan fingerprint density at radius 2 is 1.51 bits per heavy atom. The van der Waals surface area contributed by atoms with E-state index in [9.17, 15) is 9.59 Å². The number of carboxylic acid groups (broad SMARTS) is 1. The lowest BCUT2D eigenvalue weighted by atomic mass is 9.31. The Morgan fingerprint density at radius 3 is 2.23 bits per heavy atom. The van der Waals surface area contributed by atoms with Crippen LogP contribution in [0.3, 0.4) is 0 Å². The van der Waals surface area contributed by atoms with Crippen LogP contribution in [0.4, 0.5) is 0 Å². The summed E-state index contributed by atoms with van der Waals surface area (Å²) in [5.41, 5.74) is 1.52. The molecule has 0 aromatic heterocycles. The number of aliphatic carboxylic acids is 1. The minimum absolute atomic E-state index is 0.0333. The molecule has 6 aliphatic rings. The first-order chi connectivity index (χ1) is 18.1. The average molecular weight is 543 g/mol. The molecule has 0 aromatic rings. The molecule has 5 saturated carbocycles. The third-order valence-corrected chi connectivity index (χ3v) is 14.9. The minimum Gasteiger partial charge on any atom is -0.481 e. The van der Waals surface area contributed by atoms with Crippen LogP contribution in [-0.2, 0) is 19.1 Å². The second-order valence-corrected chi connectivity index (χ2v) is 17.0. The van der Waals surface area contributed by atoms with Crippen LogP contribution in [-0.4, -0.2) is 35.9 Å². The zero-order valence-electron chi connectivity index (χ0n) is 25.7. The average Bonchev–Trinajstić information content (AvgIpc) is 3.19. The molecule has 5 nitrogen and oxygen atoms in total. The third-order valence-electron chi connectivity index (χ3n) is 14.9. The molecule has 0 radical (unpaired) electrons. The largest absolute Gasteiger partial charge is 0.481 e. The lowest BCUT2D eigenvalue weighted by molar-refractivity contribution is -0.254. The van der Waals surface area contributed by atoms with E-state index in [4.69, 9.17) is 14.6 Å². The lowest BCUT2D eigenvalue weighted by Gasteiger charge is -2.73. The molecule has 0 amide bonds. The molecular weight excluding hydrogens is 488 g/mol. The summed E-state index contributed by atoms with van der Waals surface area (Å²) >= 11 is 0. The van der Waals surface area contributed by atoms with Crippen LogP contribution in [0, 0.1) is 56.2 Å². The van der Waals surface area contributed by atoms with Crippen LogP contribution in [0.5, 0.6) is 0 Å². The van der Waals surface area contributed by atoms with Gasteiger partial charge in [0, 0.05) is 5.41 Å². The summed E-state index contributed by atoms with van der Waals surface area (Å²) in [6.45, 7) is 18.6. The quantitative estimate of drug-likeness (QED) is 0.369. The van der Waals surface area contributed by atoms with Crippen molar-refractivity contribution in [2.24, 2.45) is 56.2 Å². The fourth-order valence-electron chi connectivity index (χ4n) is 12.6. The van der Waals surface area contributed by atoms with Gasteiger partial charge in [-0.25, -0.2) is 0 Å². The highest BCUT2D eigenvalue weighted by Crippen LogP contribution is 2.78. The molecule has 6 fully saturated rings. The minimum atomic E-state index is -0.942. The first kappa shape index (κ1) is 28.0. The van der Waals surface area contributed by atoms with Gasteiger partial charge >= 0.3 is 11.9 Å². The Balaban J connectivity index is 1.27. The lowest BCUT2D eigenvalue weighted by Crippen LogP contribution is -2.67. The number of fused-ring (bicyclic) bond motifs is 5. The van der Waals surface area contributed by atoms with Crippen LogP contribution in [0.1, 0.15) is 126 Å². The van der Waals surface area contributed by atoms with E-state index in [1.807, 2.05) is 0 Å². The molecule has 2 bridgehead atoms. The molecule has 0 aromatic carbocycles. The van der Waals surface area contributed by atoms with Crippen molar-refractivity contribution in [2.75, 3.05) is 6.61 Å². The number of esters is 1. The SMILES string of the molecule is CC1(C)CC[C@@]23CC[C@]4(C)[C@@H](CC[C@H]5[C@@]6(C)CC[C@H](OC(=O)CCC(=O)O)C(C)(C)[C@@H]6CC[C@]54C)[C@H]2[C@@H]1OC3.